The van der Waals surface area contributed by atoms with E-state index in [9.17, 15) is 4.79 Å². The van der Waals surface area contributed by atoms with Gasteiger partial charge < -0.3 is 5.32 Å². The van der Waals surface area contributed by atoms with Crippen LogP contribution in [0.5, 0.6) is 0 Å². The minimum Gasteiger partial charge on any atom is -0.345 e. The van der Waals surface area contributed by atoms with Crippen molar-refractivity contribution in [1.29, 1.82) is 0 Å². The van der Waals surface area contributed by atoms with Gasteiger partial charge in [0.25, 0.3) is 0 Å². The molecule has 0 saturated heterocycles. The van der Waals surface area contributed by atoms with Gasteiger partial charge in [0.05, 0.1) is 5.37 Å². The Morgan fingerprint density at radius 3 is 2.54 bits per heavy atom. The second kappa shape index (κ2) is 5.81. The topological polar surface area (TPSA) is 29.1 Å². The molecule has 2 nitrogen and oxygen atoms in total. The number of rotatable bonds is 5. The molecule has 0 rings (SSSR count). The lowest BCUT2D eigenvalue weighted by Gasteiger charge is -2.23. The van der Waals surface area contributed by atoms with Gasteiger partial charge in [-0.05, 0) is 12.7 Å². The van der Waals surface area contributed by atoms with Crippen LogP contribution in [-0.4, -0.2) is 21.8 Å². The van der Waals surface area contributed by atoms with Crippen LogP contribution in [0.3, 0.4) is 0 Å². The Kier molecular flexibility index (Phi) is 5.88. The number of carbonyl (C=O) groups is 1. The molecular formula is C9H19NOS2. The summed E-state index contributed by atoms with van der Waals surface area (Å²) >= 11 is 5.90. The van der Waals surface area contributed by atoms with Crippen molar-refractivity contribution in [3.05, 3.63) is 0 Å². The van der Waals surface area contributed by atoms with E-state index in [4.69, 9.17) is 0 Å². The van der Waals surface area contributed by atoms with E-state index in [0.717, 1.165) is 5.75 Å². The number of thioether (sulfide) groups is 1. The number of nitrogens with one attached hydrogen (secondary N) is 1. The Hall–Kier alpha value is 0.170. The summed E-state index contributed by atoms with van der Waals surface area (Å²) in [6.07, 6.45) is 0.552. The molecule has 0 aliphatic rings. The average molecular weight is 221 g/mol. The fraction of sp³-hybridized carbons (Fsp3) is 0.889. The molecule has 1 N–H and O–H groups in total. The van der Waals surface area contributed by atoms with Gasteiger partial charge in [-0.15, -0.1) is 0 Å². The number of carbonyl (C=O) groups excluding carboxylic acids is 1. The third-order valence-electron chi connectivity index (χ3n) is 1.49. The quantitative estimate of drug-likeness (QED) is 0.551. The monoisotopic (exact) mass is 221 g/mol. The van der Waals surface area contributed by atoms with E-state index >= 15 is 0 Å². The van der Waals surface area contributed by atoms with E-state index in [2.05, 4.69) is 38.7 Å². The zero-order chi connectivity index (χ0) is 10.5. The molecule has 13 heavy (non-hydrogen) atoms. The predicted molar refractivity (Wildman–Crippen MR) is 63.4 cm³/mol. The van der Waals surface area contributed by atoms with Crippen LogP contribution in [0.4, 0.5) is 0 Å². The molecule has 0 aliphatic carbocycles. The summed E-state index contributed by atoms with van der Waals surface area (Å²) in [5.41, 5.74) is 0. The lowest BCUT2D eigenvalue weighted by atomic mass is 10.1. The van der Waals surface area contributed by atoms with E-state index in [-0.39, 0.29) is 16.0 Å². The van der Waals surface area contributed by atoms with E-state index in [1.165, 1.54) is 0 Å². The highest BCUT2D eigenvalue weighted by Crippen LogP contribution is 2.27. The molecule has 78 valence electrons. The van der Waals surface area contributed by atoms with E-state index < -0.39 is 0 Å². The number of hydrogen-bond donors (Lipinski definition) is 2. The Morgan fingerprint density at radius 1 is 1.62 bits per heavy atom. The summed E-state index contributed by atoms with van der Waals surface area (Å²) in [6, 6.07) is 0. The summed E-state index contributed by atoms with van der Waals surface area (Å²) in [5.74, 6) is 1.12. The average Bonchev–Trinajstić information content (AvgIpc) is 1.81. The smallest absolute Gasteiger partial charge is 0.222 e. The summed E-state index contributed by atoms with van der Waals surface area (Å²) in [7, 11) is 0. The van der Waals surface area contributed by atoms with Crippen molar-refractivity contribution in [2.45, 2.75) is 44.2 Å². The molecule has 0 fully saturated rings. The van der Waals surface area contributed by atoms with Crippen LogP contribution in [0.2, 0.25) is 0 Å². The summed E-state index contributed by atoms with van der Waals surface area (Å²) in [6.45, 7) is 8.13. The second-order valence-corrected chi connectivity index (χ2v) is 6.36. The van der Waals surface area contributed by atoms with Gasteiger partial charge >= 0.3 is 0 Å². The van der Waals surface area contributed by atoms with E-state index in [1.54, 1.807) is 11.8 Å². The highest BCUT2D eigenvalue weighted by molar-refractivity contribution is 8.00. The van der Waals surface area contributed by atoms with Gasteiger partial charge in [-0.1, -0.05) is 20.8 Å². The van der Waals surface area contributed by atoms with Crippen molar-refractivity contribution in [3.8, 4) is 0 Å². The number of hydrogen-bond acceptors (Lipinski definition) is 3. The highest BCUT2D eigenvalue weighted by Gasteiger charge is 2.21. The van der Waals surface area contributed by atoms with Crippen LogP contribution in [-0.2, 0) is 4.79 Å². The summed E-state index contributed by atoms with van der Waals surface area (Å²) in [4.78, 5) is 11.4. The highest BCUT2D eigenvalue weighted by atomic mass is 32.2. The zero-order valence-corrected chi connectivity index (χ0v) is 10.5. The molecule has 0 bridgehead atoms. The fourth-order valence-electron chi connectivity index (χ4n) is 1.11. The van der Waals surface area contributed by atoms with Crippen molar-refractivity contribution in [3.63, 3.8) is 0 Å². The molecular weight excluding hydrogens is 202 g/mol. The van der Waals surface area contributed by atoms with Gasteiger partial charge in [-0.25, -0.2) is 0 Å². The van der Waals surface area contributed by atoms with Crippen LogP contribution in [0.25, 0.3) is 0 Å². The molecule has 0 heterocycles. The molecule has 4 heteroatoms. The third kappa shape index (κ3) is 7.26. The van der Waals surface area contributed by atoms with Crippen LogP contribution in [0.1, 0.15) is 34.1 Å². The Bertz CT molecular complexity index is 169. The molecule has 1 unspecified atom stereocenters. The van der Waals surface area contributed by atoms with Gasteiger partial charge in [-0.2, -0.15) is 24.4 Å². The van der Waals surface area contributed by atoms with Gasteiger partial charge in [0.2, 0.25) is 5.91 Å². The lowest BCUT2D eigenvalue weighted by molar-refractivity contribution is -0.121. The standard InChI is InChI=1S/C9H19NOS2/c1-5-13-9(3,4)6-8(11)10-7(2)12/h7,12H,5-6H2,1-4H3,(H,10,11). The first-order valence-electron chi connectivity index (χ1n) is 4.49. The minimum absolute atomic E-state index is 0.0293. The molecule has 1 amide bonds. The van der Waals surface area contributed by atoms with Crippen LogP contribution < -0.4 is 5.32 Å². The molecule has 0 spiro atoms. The maximum absolute atomic E-state index is 11.4. The minimum atomic E-state index is -0.0603. The normalized spacial score (nSPS) is 13.9. The fourth-order valence-corrected chi connectivity index (χ4v) is 2.27. The van der Waals surface area contributed by atoms with Crippen molar-refractivity contribution in [1.82, 2.24) is 5.32 Å². The number of amides is 1. The molecule has 0 aromatic rings. The van der Waals surface area contributed by atoms with E-state index in [1.807, 2.05) is 6.92 Å². The van der Waals surface area contributed by atoms with Gasteiger partial charge in [0, 0.05) is 11.2 Å². The maximum Gasteiger partial charge on any atom is 0.222 e. The van der Waals surface area contributed by atoms with E-state index in [0.29, 0.717) is 6.42 Å². The predicted octanol–water partition coefficient (Wildman–Crippen LogP) is 2.30. The number of thiol groups is 1. The Labute approximate surface area is 90.6 Å². The molecule has 1 atom stereocenters. The molecule has 0 radical (unpaired) electrons. The van der Waals surface area contributed by atoms with Gasteiger partial charge in [0.1, 0.15) is 0 Å². The largest absolute Gasteiger partial charge is 0.345 e. The SMILES string of the molecule is CCSC(C)(C)CC(=O)NC(C)S. The first-order valence-corrected chi connectivity index (χ1v) is 5.99. The van der Waals surface area contributed by atoms with Gasteiger partial charge in [-0.3, -0.25) is 4.79 Å². The Morgan fingerprint density at radius 2 is 2.15 bits per heavy atom. The van der Waals surface area contributed by atoms with Crippen molar-refractivity contribution in [2.75, 3.05) is 5.75 Å². The lowest BCUT2D eigenvalue weighted by Crippen LogP contribution is -2.33. The molecule has 0 aliphatic heterocycles. The summed E-state index contributed by atoms with van der Waals surface area (Å²) < 4.78 is 0.0293. The molecule has 0 aromatic heterocycles. The van der Waals surface area contributed by atoms with Gasteiger partial charge in [0.15, 0.2) is 0 Å². The zero-order valence-electron chi connectivity index (χ0n) is 8.76. The van der Waals surface area contributed by atoms with Crippen LogP contribution in [0.15, 0.2) is 0 Å². The van der Waals surface area contributed by atoms with Crippen molar-refractivity contribution >= 4 is 30.3 Å². The van der Waals surface area contributed by atoms with Crippen LogP contribution >= 0.6 is 24.4 Å². The summed E-state index contributed by atoms with van der Waals surface area (Å²) in [5, 5.41) is 2.71. The van der Waals surface area contributed by atoms with Crippen molar-refractivity contribution in [2.24, 2.45) is 0 Å². The Balaban J connectivity index is 3.89. The van der Waals surface area contributed by atoms with Crippen molar-refractivity contribution < 1.29 is 4.79 Å². The third-order valence-corrected chi connectivity index (χ3v) is 2.83. The molecule has 0 aromatic carbocycles. The van der Waals surface area contributed by atoms with Crippen LogP contribution in [0, 0.1) is 0 Å². The molecule has 0 saturated carbocycles. The maximum atomic E-state index is 11.4. The first-order chi connectivity index (χ1) is 5.87. The second-order valence-electron chi connectivity index (χ2n) is 3.61. The first kappa shape index (κ1) is 13.2.